The largest absolute Gasteiger partial charge is 0.444 e. The van der Waals surface area contributed by atoms with Crippen molar-refractivity contribution < 1.29 is 14.3 Å². The van der Waals surface area contributed by atoms with Crippen LogP contribution in [0, 0.1) is 6.92 Å². The van der Waals surface area contributed by atoms with E-state index in [0.717, 1.165) is 16.9 Å². The lowest BCUT2D eigenvalue weighted by atomic mass is 10.1. The summed E-state index contributed by atoms with van der Waals surface area (Å²) in [5.41, 5.74) is 0.357. The number of thiophene rings is 1. The van der Waals surface area contributed by atoms with Crippen LogP contribution >= 0.6 is 11.3 Å². The predicted molar refractivity (Wildman–Crippen MR) is 115 cm³/mol. The number of rotatable bonds is 9. The molecule has 0 aliphatic heterocycles. The van der Waals surface area contributed by atoms with E-state index >= 15 is 0 Å². The van der Waals surface area contributed by atoms with Crippen LogP contribution in [0.25, 0.3) is 0 Å². The Hall–Kier alpha value is -2.41. The summed E-state index contributed by atoms with van der Waals surface area (Å²) in [6.45, 7) is 10.2. The van der Waals surface area contributed by atoms with Gasteiger partial charge in [-0.05, 0) is 56.3 Å². The first-order valence-electron chi connectivity index (χ1n) is 9.77. The van der Waals surface area contributed by atoms with E-state index in [4.69, 9.17) is 4.74 Å². The van der Waals surface area contributed by atoms with Crippen molar-refractivity contribution in [3.63, 3.8) is 0 Å². The predicted octanol–water partition coefficient (Wildman–Crippen LogP) is 4.57. The fourth-order valence-corrected chi connectivity index (χ4v) is 3.51. The lowest BCUT2D eigenvalue weighted by Gasteiger charge is -2.29. The molecule has 2 amide bonds. The molecule has 2 rings (SSSR count). The van der Waals surface area contributed by atoms with E-state index < -0.39 is 17.7 Å². The minimum absolute atomic E-state index is 0.130. The molecular formula is C22H30N3O3S. The van der Waals surface area contributed by atoms with Crippen LogP contribution in [-0.4, -0.2) is 33.5 Å². The second-order valence-electron chi connectivity index (χ2n) is 7.82. The van der Waals surface area contributed by atoms with Gasteiger partial charge in [0.25, 0.3) is 0 Å². The molecule has 6 nitrogen and oxygen atoms in total. The van der Waals surface area contributed by atoms with Crippen molar-refractivity contribution in [3.05, 3.63) is 59.4 Å². The molecule has 157 valence electrons. The molecule has 2 aromatic rings. The van der Waals surface area contributed by atoms with Gasteiger partial charge in [-0.2, -0.15) is 0 Å². The normalized spacial score (nSPS) is 12.3. The highest BCUT2D eigenvalue weighted by Gasteiger charge is 2.28. The molecule has 7 heteroatoms. The molecule has 1 atom stereocenters. The van der Waals surface area contributed by atoms with Crippen LogP contribution in [0.4, 0.5) is 4.79 Å². The lowest BCUT2D eigenvalue weighted by Crippen LogP contribution is -2.49. The summed E-state index contributed by atoms with van der Waals surface area (Å²) in [4.78, 5) is 32.6. The quantitative estimate of drug-likeness (QED) is 0.650. The van der Waals surface area contributed by atoms with Crippen LogP contribution in [0.15, 0.2) is 42.0 Å². The first kappa shape index (κ1) is 22.9. The molecule has 29 heavy (non-hydrogen) atoms. The van der Waals surface area contributed by atoms with Crippen LogP contribution in [0.5, 0.6) is 0 Å². The van der Waals surface area contributed by atoms with Crippen LogP contribution < -0.4 is 5.32 Å². The van der Waals surface area contributed by atoms with Gasteiger partial charge in [-0.25, -0.2) is 4.79 Å². The van der Waals surface area contributed by atoms with Crippen molar-refractivity contribution in [1.29, 1.82) is 0 Å². The summed E-state index contributed by atoms with van der Waals surface area (Å²) in [5.74, 6) is -0.130. The van der Waals surface area contributed by atoms with E-state index in [2.05, 4.69) is 17.2 Å². The molecule has 2 heterocycles. The SMILES string of the molecule is [CH2]CCC[C@H](NC(=O)OC(C)(C)C)C(=O)N(Cc1ccncc1)Cc1cccs1. The van der Waals surface area contributed by atoms with Crippen molar-refractivity contribution in [2.45, 2.75) is 64.8 Å². The van der Waals surface area contributed by atoms with E-state index in [1.807, 2.05) is 29.6 Å². The molecular weight excluding hydrogens is 386 g/mol. The Balaban J connectivity index is 2.18. The minimum Gasteiger partial charge on any atom is -0.444 e. The van der Waals surface area contributed by atoms with Gasteiger partial charge in [0.1, 0.15) is 11.6 Å². The summed E-state index contributed by atoms with van der Waals surface area (Å²) < 4.78 is 5.36. The summed E-state index contributed by atoms with van der Waals surface area (Å²) in [6, 6.07) is 7.09. The highest BCUT2D eigenvalue weighted by Crippen LogP contribution is 2.17. The molecule has 0 saturated carbocycles. The second kappa shape index (κ2) is 11.0. The number of nitrogens with one attached hydrogen (secondary N) is 1. The Morgan fingerprint density at radius 3 is 2.55 bits per heavy atom. The summed E-state index contributed by atoms with van der Waals surface area (Å²) >= 11 is 1.60. The van der Waals surface area contributed by atoms with E-state index in [-0.39, 0.29) is 5.91 Å². The first-order valence-corrected chi connectivity index (χ1v) is 10.7. The van der Waals surface area contributed by atoms with E-state index in [1.165, 1.54) is 0 Å². The molecule has 1 radical (unpaired) electrons. The smallest absolute Gasteiger partial charge is 0.408 e. The Morgan fingerprint density at radius 2 is 1.97 bits per heavy atom. The van der Waals surface area contributed by atoms with Gasteiger partial charge in [0.2, 0.25) is 5.91 Å². The van der Waals surface area contributed by atoms with Gasteiger partial charge < -0.3 is 15.0 Å². The molecule has 2 aromatic heterocycles. The molecule has 0 bridgehead atoms. The maximum absolute atomic E-state index is 13.4. The summed E-state index contributed by atoms with van der Waals surface area (Å²) in [5, 5.41) is 4.75. The zero-order valence-corrected chi connectivity index (χ0v) is 18.2. The van der Waals surface area contributed by atoms with Gasteiger partial charge in [-0.1, -0.05) is 25.8 Å². The van der Waals surface area contributed by atoms with Crippen molar-refractivity contribution in [1.82, 2.24) is 15.2 Å². The van der Waals surface area contributed by atoms with Gasteiger partial charge in [-0.3, -0.25) is 9.78 Å². The zero-order valence-electron chi connectivity index (χ0n) is 17.4. The highest BCUT2D eigenvalue weighted by atomic mass is 32.1. The van der Waals surface area contributed by atoms with Crippen LogP contribution in [0.3, 0.4) is 0 Å². The maximum Gasteiger partial charge on any atom is 0.408 e. The molecule has 0 unspecified atom stereocenters. The second-order valence-corrected chi connectivity index (χ2v) is 8.86. The standard InChI is InChI=1S/C22H30N3O3S/c1-5-6-9-19(24-21(27)28-22(2,3)4)20(26)25(16-18-8-7-14-29-18)15-17-10-12-23-13-11-17/h7-8,10-14,19H,1,5-6,9,15-16H2,2-4H3,(H,24,27)/t19-/m0/s1. The van der Waals surface area contributed by atoms with Gasteiger partial charge in [0.15, 0.2) is 0 Å². The van der Waals surface area contributed by atoms with Crippen LogP contribution in [0.1, 0.15) is 50.5 Å². The number of nitrogens with zero attached hydrogens (tertiary/aromatic N) is 2. The molecule has 0 saturated heterocycles. The topological polar surface area (TPSA) is 71.5 Å². The Kier molecular flexibility index (Phi) is 8.64. The van der Waals surface area contributed by atoms with Crippen LogP contribution in [-0.2, 0) is 22.6 Å². The third kappa shape index (κ3) is 8.23. The number of hydrogen-bond acceptors (Lipinski definition) is 5. The van der Waals surface area contributed by atoms with Gasteiger partial charge >= 0.3 is 6.09 Å². The molecule has 1 N–H and O–H groups in total. The van der Waals surface area contributed by atoms with Gasteiger partial charge in [0.05, 0.1) is 6.54 Å². The van der Waals surface area contributed by atoms with E-state index in [0.29, 0.717) is 25.9 Å². The summed E-state index contributed by atoms with van der Waals surface area (Å²) in [6.07, 6.45) is 4.77. The number of hydrogen-bond donors (Lipinski definition) is 1. The van der Waals surface area contributed by atoms with Crippen LogP contribution in [0.2, 0.25) is 0 Å². The highest BCUT2D eigenvalue weighted by molar-refractivity contribution is 7.09. The molecule has 0 aromatic carbocycles. The molecule has 0 fully saturated rings. The Morgan fingerprint density at radius 1 is 1.24 bits per heavy atom. The molecule has 0 aliphatic carbocycles. The zero-order chi connectivity index (χ0) is 21.3. The van der Waals surface area contributed by atoms with Crippen molar-refractivity contribution in [2.24, 2.45) is 0 Å². The van der Waals surface area contributed by atoms with Crippen molar-refractivity contribution in [3.8, 4) is 0 Å². The Bertz CT molecular complexity index is 757. The number of alkyl carbamates (subject to hydrolysis) is 1. The van der Waals surface area contributed by atoms with Crippen molar-refractivity contribution in [2.75, 3.05) is 0 Å². The van der Waals surface area contributed by atoms with Crippen molar-refractivity contribution >= 4 is 23.3 Å². The number of amides is 2. The fraction of sp³-hybridized carbons (Fsp3) is 0.455. The Labute approximate surface area is 177 Å². The molecule has 0 aliphatic rings. The summed E-state index contributed by atoms with van der Waals surface area (Å²) in [7, 11) is 0. The third-order valence-electron chi connectivity index (χ3n) is 4.09. The fourth-order valence-electron chi connectivity index (χ4n) is 2.79. The minimum atomic E-state index is -0.659. The average Bonchev–Trinajstić information content (AvgIpc) is 3.16. The number of aromatic nitrogens is 1. The number of ether oxygens (including phenoxy) is 1. The molecule has 0 spiro atoms. The van der Waals surface area contributed by atoms with Gasteiger partial charge in [0, 0.05) is 23.8 Å². The maximum atomic E-state index is 13.4. The average molecular weight is 417 g/mol. The number of pyridine rings is 1. The van der Waals surface area contributed by atoms with E-state index in [9.17, 15) is 9.59 Å². The third-order valence-corrected chi connectivity index (χ3v) is 4.95. The lowest BCUT2D eigenvalue weighted by molar-refractivity contribution is -0.135. The number of unbranched alkanes of at least 4 members (excludes halogenated alkanes) is 1. The van der Waals surface area contributed by atoms with Gasteiger partial charge in [-0.15, -0.1) is 11.3 Å². The van der Waals surface area contributed by atoms with E-state index in [1.54, 1.807) is 49.4 Å². The number of carbonyl (C=O) groups excluding carboxylic acids is 2. The number of carbonyl (C=O) groups is 2. The first-order chi connectivity index (χ1) is 13.8. The monoisotopic (exact) mass is 416 g/mol.